The third-order valence-electron chi connectivity index (χ3n) is 2.99. The molecule has 0 aliphatic heterocycles. The van der Waals surface area contributed by atoms with Crippen LogP contribution in [0.4, 0.5) is 5.69 Å². The van der Waals surface area contributed by atoms with Crippen LogP contribution < -0.4 is 5.73 Å². The van der Waals surface area contributed by atoms with Crippen LogP contribution in [-0.2, 0) is 0 Å². The molecule has 0 radical (unpaired) electrons. The summed E-state index contributed by atoms with van der Waals surface area (Å²) in [6, 6.07) is 2.21. The van der Waals surface area contributed by atoms with Gasteiger partial charge in [0.2, 0.25) is 0 Å². The van der Waals surface area contributed by atoms with Gasteiger partial charge in [0, 0.05) is 24.8 Å². The van der Waals surface area contributed by atoms with Crippen LogP contribution in [0.15, 0.2) is 12.3 Å². The standard InChI is InChI=1S/C14H25N3O/c1-6-7-16(10(2)3)14(18)13-8-12(15)9-17(13)11(4)5/h8-11H,6-7,15H2,1-5H3. The number of nitrogens with zero attached hydrogens (tertiary/aromatic N) is 2. The van der Waals surface area contributed by atoms with Crippen molar-refractivity contribution in [1.29, 1.82) is 0 Å². The van der Waals surface area contributed by atoms with E-state index in [-0.39, 0.29) is 18.0 Å². The average Bonchev–Trinajstić information content (AvgIpc) is 2.67. The first-order valence-corrected chi connectivity index (χ1v) is 6.66. The highest BCUT2D eigenvalue weighted by atomic mass is 16.2. The van der Waals surface area contributed by atoms with Crippen LogP contribution in [-0.4, -0.2) is 28.0 Å². The summed E-state index contributed by atoms with van der Waals surface area (Å²) < 4.78 is 1.95. The van der Waals surface area contributed by atoms with Gasteiger partial charge in [0.05, 0.1) is 5.69 Å². The lowest BCUT2D eigenvalue weighted by atomic mass is 10.2. The number of nitrogen functional groups attached to an aromatic ring is 1. The number of carbonyl (C=O) groups is 1. The molecule has 0 unspecified atom stereocenters. The van der Waals surface area contributed by atoms with E-state index in [0.29, 0.717) is 11.4 Å². The van der Waals surface area contributed by atoms with Crippen molar-refractivity contribution in [1.82, 2.24) is 9.47 Å². The maximum atomic E-state index is 12.6. The van der Waals surface area contributed by atoms with E-state index in [1.54, 1.807) is 6.07 Å². The second kappa shape index (κ2) is 5.94. The van der Waals surface area contributed by atoms with E-state index in [1.165, 1.54) is 0 Å². The van der Waals surface area contributed by atoms with Gasteiger partial charge in [0.25, 0.3) is 5.91 Å². The van der Waals surface area contributed by atoms with E-state index in [0.717, 1.165) is 13.0 Å². The molecule has 102 valence electrons. The highest BCUT2D eigenvalue weighted by Gasteiger charge is 2.22. The van der Waals surface area contributed by atoms with Gasteiger partial charge in [-0.05, 0) is 40.2 Å². The summed E-state index contributed by atoms with van der Waals surface area (Å²) in [7, 11) is 0. The molecule has 1 rings (SSSR count). The minimum Gasteiger partial charge on any atom is -0.397 e. The maximum absolute atomic E-state index is 12.6. The minimum atomic E-state index is 0.0669. The van der Waals surface area contributed by atoms with Crippen molar-refractivity contribution < 1.29 is 4.79 Å². The normalized spacial score (nSPS) is 11.3. The van der Waals surface area contributed by atoms with Crippen LogP contribution in [0.1, 0.15) is 57.6 Å². The highest BCUT2D eigenvalue weighted by molar-refractivity contribution is 5.94. The first-order valence-electron chi connectivity index (χ1n) is 6.66. The van der Waals surface area contributed by atoms with Crippen LogP contribution in [0.3, 0.4) is 0 Å². The van der Waals surface area contributed by atoms with Crippen LogP contribution in [0.2, 0.25) is 0 Å². The first-order chi connectivity index (χ1) is 8.38. The topological polar surface area (TPSA) is 51.3 Å². The average molecular weight is 251 g/mol. The van der Waals surface area contributed by atoms with E-state index in [9.17, 15) is 4.79 Å². The molecular formula is C14H25N3O. The zero-order valence-corrected chi connectivity index (χ0v) is 12.1. The summed E-state index contributed by atoms with van der Waals surface area (Å²) in [4.78, 5) is 14.5. The molecule has 0 bridgehead atoms. The van der Waals surface area contributed by atoms with Gasteiger partial charge in [-0.25, -0.2) is 0 Å². The number of anilines is 1. The Hall–Kier alpha value is -1.45. The predicted octanol–water partition coefficient (Wildman–Crippen LogP) is 2.91. The number of rotatable bonds is 5. The summed E-state index contributed by atoms with van der Waals surface area (Å²) >= 11 is 0. The van der Waals surface area contributed by atoms with Crippen LogP contribution in [0.5, 0.6) is 0 Å². The molecular weight excluding hydrogens is 226 g/mol. The molecule has 0 aromatic carbocycles. The molecule has 1 aromatic rings. The van der Waals surface area contributed by atoms with Gasteiger partial charge >= 0.3 is 0 Å². The Morgan fingerprint density at radius 1 is 1.39 bits per heavy atom. The molecule has 1 heterocycles. The lowest BCUT2D eigenvalue weighted by molar-refractivity contribution is 0.0693. The Kier molecular flexibility index (Phi) is 4.82. The highest BCUT2D eigenvalue weighted by Crippen LogP contribution is 2.19. The molecule has 0 aliphatic rings. The summed E-state index contributed by atoms with van der Waals surface area (Å²) in [5, 5.41) is 0. The van der Waals surface area contributed by atoms with Gasteiger partial charge in [0.15, 0.2) is 0 Å². The van der Waals surface area contributed by atoms with Crippen LogP contribution in [0, 0.1) is 0 Å². The van der Waals surface area contributed by atoms with E-state index in [2.05, 4.69) is 20.8 Å². The van der Waals surface area contributed by atoms with Crippen molar-refractivity contribution >= 4 is 11.6 Å². The Balaban J connectivity index is 3.08. The van der Waals surface area contributed by atoms with Crippen molar-refractivity contribution in [3.05, 3.63) is 18.0 Å². The smallest absolute Gasteiger partial charge is 0.270 e. The van der Waals surface area contributed by atoms with Gasteiger partial charge in [-0.2, -0.15) is 0 Å². The summed E-state index contributed by atoms with van der Waals surface area (Å²) in [5.74, 6) is 0.0669. The third-order valence-corrected chi connectivity index (χ3v) is 2.99. The van der Waals surface area contributed by atoms with Crippen molar-refractivity contribution in [2.75, 3.05) is 12.3 Å². The molecule has 2 N–H and O–H groups in total. The minimum absolute atomic E-state index is 0.0669. The lowest BCUT2D eigenvalue weighted by Gasteiger charge is -2.27. The second-order valence-electron chi connectivity index (χ2n) is 5.25. The molecule has 0 atom stereocenters. The molecule has 4 heteroatoms. The molecule has 0 spiro atoms. The molecule has 0 saturated carbocycles. The maximum Gasteiger partial charge on any atom is 0.270 e. The number of nitrogens with two attached hydrogens (primary N) is 1. The van der Waals surface area contributed by atoms with Crippen molar-refractivity contribution in [2.24, 2.45) is 0 Å². The SMILES string of the molecule is CCCN(C(=O)c1cc(N)cn1C(C)C)C(C)C. The Bertz CT molecular complexity index is 407. The van der Waals surface area contributed by atoms with Gasteiger partial charge in [0.1, 0.15) is 5.69 Å². The largest absolute Gasteiger partial charge is 0.397 e. The Morgan fingerprint density at radius 2 is 2.00 bits per heavy atom. The fourth-order valence-electron chi connectivity index (χ4n) is 2.08. The number of aromatic nitrogens is 1. The quantitative estimate of drug-likeness (QED) is 0.874. The van der Waals surface area contributed by atoms with E-state index in [1.807, 2.05) is 29.5 Å². The summed E-state index contributed by atoms with van der Waals surface area (Å²) in [6.07, 6.45) is 2.80. The van der Waals surface area contributed by atoms with Gasteiger partial charge in [-0.15, -0.1) is 0 Å². The van der Waals surface area contributed by atoms with Gasteiger partial charge in [-0.1, -0.05) is 6.92 Å². The van der Waals surface area contributed by atoms with Crippen molar-refractivity contribution in [2.45, 2.75) is 53.1 Å². The molecule has 0 saturated heterocycles. The fourth-order valence-corrected chi connectivity index (χ4v) is 2.08. The fraction of sp³-hybridized carbons (Fsp3) is 0.643. The summed E-state index contributed by atoms with van der Waals surface area (Å²) in [6.45, 7) is 11.0. The van der Waals surface area contributed by atoms with E-state index in [4.69, 9.17) is 5.73 Å². The third kappa shape index (κ3) is 3.06. The summed E-state index contributed by atoms with van der Waals surface area (Å²) in [5.41, 5.74) is 7.14. The van der Waals surface area contributed by atoms with Crippen LogP contribution in [0.25, 0.3) is 0 Å². The zero-order valence-electron chi connectivity index (χ0n) is 12.1. The van der Waals surface area contributed by atoms with E-state index < -0.39 is 0 Å². The molecule has 0 fully saturated rings. The van der Waals surface area contributed by atoms with Gasteiger partial charge < -0.3 is 15.2 Å². The number of amides is 1. The number of hydrogen-bond acceptors (Lipinski definition) is 2. The monoisotopic (exact) mass is 251 g/mol. The van der Waals surface area contributed by atoms with E-state index >= 15 is 0 Å². The second-order valence-corrected chi connectivity index (χ2v) is 5.25. The van der Waals surface area contributed by atoms with Gasteiger partial charge in [-0.3, -0.25) is 4.79 Å². The first kappa shape index (κ1) is 14.6. The predicted molar refractivity (Wildman–Crippen MR) is 75.7 cm³/mol. The van der Waals surface area contributed by atoms with Crippen LogP contribution >= 0.6 is 0 Å². The molecule has 4 nitrogen and oxygen atoms in total. The number of hydrogen-bond donors (Lipinski definition) is 1. The molecule has 1 amide bonds. The molecule has 1 aromatic heterocycles. The Labute approximate surface area is 110 Å². The molecule has 0 aliphatic carbocycles. The molecule has 18 heavy (non-hydrogen) atoms. The lowest BCUT2D eigenvalue weighted by Crippen LogP contribution is -2.38. The van der Waals surface area contributed by atoms with Crippen molar-refractivity contribution in [3.63, 3.8) is 0 Å². The zero-order chi connectivity index (χ0) is 13.9. The number of carbonyl (C=O) groups excluding carboxylic acids is 1. The van der Waals surface area contributed by atoms with Crippen molar-refractivity contribution in [3.8, 4) is 0 Å². The Morgan fingerprint density at radius 3 is 2.44 bits per heavy atom.